The number of aryl methyl sites for hydroxylation is 2. The molecule has 18 rings (SSSR count). The van der Waals surface area contributed by atoms with Crippen LogP contribution in [0.15, 0.2) is 315 Å². The Kier molecular flexibility index (Phi) is 13.1. The summed E-state index contributed by atoms with van der Waals surface area (Å²) < 4.78 is 0. The Balaban J connectivity index is 0.842. The highest BCUT2D eigenvalue weighted by atomic mass is 15.1. The Bertz CT molecular complexity index is 5840. The number of hydrogen-bond acceptors (Lipinski definition) is 2. The van der Waals surface area contributed by atoms with E-state index in [0.717, 1.165) is 34.1 Å². The van der Waals surface area contributed by atoms with Gasteiger partial charge in [-0.1, -0.05) is 246 Å². The molecule has 456 valence electrons. The van der Waals surface area contributed by atoms with E-state index in [1.807, 2.05) is 0 Å². The van der Waals surface area contributed by atoms with Crippen LogP contribution in [-0.2, 0) is 10.8 Å². The van der Waals surface area contributed by atoms with Crippen molar-refractivity contribution < 1.29 is 0 Å². The first-order chi connectivity index (χ1) is 46.9. The molecular formula is C94H70N2. The Hall–Kier alpha value is -11.6. The van der Waals surface area contributed by atoms with Crippen LogP contribution in [0.25, 0.3) is 121 Å². The fourth-order valence-corrected chi connectivity index (χ4v) is 16.5. The van der Waals surface area contributed by atoms with Crippen LogP contribution in [0.1, 0.15) is 61.1 Å². The largest absolute Gasteiger partial charge is 0.310 e. The summed E-state index contributed by atoms with van der Waals surface area (Å²) in [6.07, 6.45) is 0. The molecule has 0 heterocycles. The van der Waals surface area contributed by atoms with Crippen molar-refractivity contribution in [1.82, 2.24) is 0 Å². The van der Waals surface area contributed by atoms with Gasteiger partial charge in [-0.15, -0.1) is 0 Å². The van der Waals surface area contributed by atoms with Gasteiger partial charge in [-0.3, -0.25) is 0 Å². The van der Waals surface area contributed by atoms with Crippen molar-refractivity contribution in [2.24, 2.45) is 0 Å². The fraction of sp³-hybridized carbons (Fsp3) is 0.0851. The number of anilines is 6. The molecule has 0 amide bonds. The van der Waals surface area contributed by atoms with Crippen LogP contribution in [0.5, 0.6) is 0 Å². The first-order valence-electron chi connectivity index (χ1n) is 33.8. The average Bonchev–Trinajstić information content (AvgIpc) is 0.836. The summed E-state index contributed by atoms with van der Waals surface area (Å²) in [4.78, 5) is 4.93. The van der Waals surface area contributed by atoms with E-state index in [1.54, 1.807) is 0 Å². The van der Waals surface area contributed by atoms with Gasteiger partial charge in [0.15, 0.2) is 0 Å². The molecule has 2 heteroatoms. The lowest BCUT2D eigenvalue weighted by Crippen LogP contribution is -2.14. The smallest absolute Gasteiger partial charge is 0.0468 e. The third-order valence-corrected chi connectivity index (χ3v) is 21.2. The van der Waals surface area contributed by atoms with Crippen molar-refractivity contribution in [3.8, 4) is 66.8 Å². The lowest BCUT2D eigenvalue weighted by atomic mass is 9.81. The third-order valence-electron chi connectivity index (χ3n) is 21.2. The second-order valence-corrected chi connectivity index (χ2v) is 27.8. The predicted octanol–water partition coefficient (Wildman–Crippen LogP) is 26.3. The minimum Gasteiger partial charge on any atom is -0.310 e. The second-order valence-electron chi connectivity index (χ2n) is 27.8. The van der Waals surface area contributed by atoms with E-state index >= 15 is 0 Å². The normalized spacial score (nSPS) is 13.3. The standard InChI is InChI=1S/C94H70N2/c1-59-49-60(2)51-78(50-59)96(74-40-33-65(34-41-74)70-37-46-82-80-24-14-16-26-88(80)94(5,6)90(82)56-70)77-44-48-84-86(58-77)92(72-30-28-62-18-8-11-21-67(62)53-72)83-47-43-76(57-85(83)91(84)71-29-27-61-17-7-10-20-66(61)52-71)95(75-42-35-63-19-9-12-22-68(63)54-75)73-38-31-64(32-39-73)69-36-45-81-79-23-13-15-25-87(79)93(3,4)89(81)55-69/h7-58H,1-6H3. The second kappa shape index (κ2) is 22.0. The summed E-state index contributed by atoms with van der Waals surface area (Å²) in [5, 5.41) is 12.0. The van der Waals surface area contributed by atoms with Gasteiger partial charge in [-0.05, 0) is 265 Å². The van der Waals surface area contributed by atoms with E-state index in [4.69, 9.17) is 0 Å². The van der Waals surface area contributed by atoms with Crippen LogP contribution in [0.3, 0.4) is 0 Å². The molecule has 16 aromatic rings. The molecule has 0 spiro atoms. The summed E-state index contributed by atoms with van der Waals surface area (Å²) in [5.74, 6) is 0. The van der Waals surface area contributed by atoms with Crippen LogP contribution in [0.2, 0.25) is 0 Å². The zero-order chi connectivity index (χ0) is 64.6. The van der Waals surface area contributed by atoms with Gasteiger partial charge in [-0.2, -0.15) is 0 Å². The maximum atomic E-state index is 2.48. The first kappa shape index (κ1) is 57.1. The van der Waals surface area contributed by atoms with Gasteiger partial charge in [-0.25, -0.2) is 0 Å². The maximum absolute atomic E-state index is 2.48. The molecular weight excluding hydrogens is 1160 g/mol. The Morgan fingerprint density at radius 3 is 1.00 bits per heavy atom. The van der Waals surface area contributed by atoms with E-state index in [9.17, 15) is 0 Å². The van der Waals surface area contributed by atoms with Gasteiger partial charge in [0, 0.05) is 45.0 Å². The molecule has 96 heavy (non-hydrogen) atoms. The number of benzene rings is 16. The quantitative estimate of drug-likeness (QED) is 0.126. The summed E-state index contributed by atoms with van der Waals surface area (Å²) in [5.41, 5.74) is 29.2. The topological polar surface area (TPSA) is 6.48 Å². The minimum atomic E-state index is -0.0940. The molecule has 0 N–H and O–H groups in total. The Morgan fingerprint density at radius 1 is 0.208 bits per heavy atom. The molecule has 2 aliphatic carbocycles. The highest BCUT2D eigenvalue weighted by Crippen LogP contribution is 2.54. The van der Waals surface area contributed by atoms with Crippen LogP contribution in [0, 0.1) is 13.8 Å². The van der Waals surface area contributed by atoms with E-state index in [2.05, 4.69) is 367 Å². The molecule has 0 fully saturated rings. The number of rotatable bonds is 10. The van der Waals surface area contributed by atoms with Gasteiger partial charge in [0.2, 0.25) is 0 Å². The Labute approximate surface area is 562 Å². The van der Waals surface area contributed by atoms with E-state index < -0.39 is 0 Å². The highest BCUT2D eigenvalue weighted by molar-refractivity contribution is 6.23. The lowest BCUT2D eigenvalue weighted by molar-refractivity contribution is 0.660. The zero-order valence-corrected chi connectivity index (χ0v) is 54.9. The van der Waals surface area contributed by atoms with E-state index in [0.29, 0.717) is 0 Å². The molecule has 2 aliphatic rings. The lowest BCUT2D eigenvalue weighted by Gasteiger charge is -2.29. The summed E-state index contributed by atoms with van der Waals surface area (Å²) in [6.45, 7) is 13.9. The maximum Gasteiger partial charge on any atom is 0.0468 e. The molecule has 0 aromatic heterocycles. The van der Waals surface area contributed by atoms with E-state index in [-0.39, 0.29) is 10.8 Å². The average molecular weight is 1230 g/mol. The number of nitrogens with zero attached hydrogens (tertiary/aromatic N) is 2. The van der Waals surface area contributed by atoms with Crippen molar-refractivity contribution in [2.75, 3.05) is 9.80 Å². The summed E-state index contributed by atoms with van der Waals surface area (Å²) in [6, 6.07) is 119. The monoisotopic (exact) mass is 1230 g/mol. The highest BCUT2D eigenvalue weighted by Gasteiger charge is 2.37. The molecule has 0 aliphatic heterocycles. The fourth-order valence-electron chi connectivity index (χ4n) is 16.5. The molecule has 0 radical (unpaired) electrons. The summed E-state index contributed by atoms with van der Waals surface area (Å²) >= 11 is 0. The van der Waals surface area contributed by atoms with Crippen LogP contribution in [-0.4, -0.2) is 0 Å². The molecule has 0 atom stereocenters. The van der Waals surface area contributed by atoms with E-state index in [1.165, 1.54) is 154 Å². The zero-order valence-electron chi connectivity index (χ0n) is 54.9. The van der Waals surface area contributed by atoms with Gasteiger partial charge in [0.25, 0.3) is 0 Å². The first-order valence-corrected chi connectivity index (χ1v) is 33.8. The van der Waals surface area contributed by atoms with Gasteiger partial charge < -0.3 is 9.80 Å². The SMILES string of the molecule is Cc1cc(C)cc(N(c2ccc(-c3ccc4c(c3)C(C)(C)c3ccccc3-4)cc2)c2ccc3c(-c4ccc5ccccc5c4)c4cc(N(c5ccc(-c6ccc7c(c6)C(C)(C)c6ccccc6-7)cc5)c5ccc6ccccc6c5)ccc4c(-c4ccc5ccccc5c4)c3c2)c1. The van der Waals surface area contributed by atoms with Gasteiger partial charge in [0.1, 0.15) is 0 Å². The van der Waals surface area contributed by atoms with Crippen LogP contribution >= 0.6 is 0 Å². The van der Waals surface area contributed by atoms with Gasteiger partial charge >= 0.3 is 0 Å². The van der Waals surface area contributed by atoms with Crippen molar-refractivity contribution in [3.05, 3.63) is 349 Å². The van der Waals surface area contributed by atoms with Crippen molar-refractivity contribution in [1.29, 1.82) is 0 Å². The number of hydrogen-bond donors (Lipinski definition) is 0. The van der Waals surface area contributed by atoms with Crippen LogP contribution in [0.4, 0.5) is 34.1 Å². The molecule has 16 aromatic carbocycles. The molecule has 0 saturated carbocycles. The molecule has 0 unspecified atom stereocenters. The Morgan fingerprint density at radius 2 is 0.542 bits per heavy atom. The number of fused-ring (bicyclic) bond motifs is 11. The minimum absolute atomic E-state index is 0.0898. The summed E-state index contributed by atoms with van der Waals surface area (Å²) in [7, 11) is 0. The molecule has 0 saturated heterocycles. The third kappa shape index (κ3) is 9.30. The van der Waals surface area contributed by atoms with Crippen LogP contribution < -0.4 is 9.80 Å². The molecule has 0 bridgehead atoms. The van der Waals surface area contributed by atoms with Crippen molar-refractivity contribution in [2.45, 2.75) is 52.4 Å². The van der Waals surface area contributed by atoms with Crippen molar-refractivity contribution in [3.63, 3.8) is 0 Å². The molecule has 2 nitrogen and oxygen atoms in total. The predicted molar refractivity (Wildman–Crippen MR) is 410 cm³/mol. The van der Waals surface area contributed by atoms with Gasteiger partial charge in [0.05, 0.1) is 0 Å². The van der Waals surface area contributed by atoms with Crippen molar-refractivity contribution >= 4 is 88.0 Å².